The minimum atomic E-state index is 0.916. The summed E-state index contributed by atoms with van der Waals surface area (Å²) in [6, 6.07) is 70.7. The molecule has 0 bridgehead atoms. The first-order valence-electron chi connectivity index (χ1n) is 19.8. The average Bonchev–Trinajstić information content (AvgIpc) is 4.04. The molecule has 0 atom stereocenters. The Morgan fingerprint density at radius 3 is 1.69 bits per heavy atom. The van der Waals surface area contributed by atoms with E-state index in [-0.39, 0.29) is 0 Å². The minimum Gasteiger partial charge on any atom is -0.455 e. The van der Waals surface area contributed by atoms with Gasteiger partial charge in [-0.1, -0.05) is 127 Å². The second-order valence-electron chi connectivity index (χ2n) is 15.3. The molecule has 9 aromatic carbocycles. The van der Waals surface area contributed by atoms with Crippen LogP contribution in [0.2, 0.25) is 0 Å². The first-order chi connectivity index (χ1) is 28.8. The van der Waals surface area contributed by atoms with Gasteiger partial charge in [0.05, 0.1) is 32.5 Å². The summed E-state index contributed by atoms with van der Waals surface area (Å²) in [7, 11) is 0. The summed E-state index contributed by atoms with van der Waals surface area (Å²) in [4.78, 5) is 0. The van der Waals surface area contributed by atoms with Gasteiger partial charge in [0.15, 0.2) is 0 Å². The zero-order valence-corrected chi connectivity index (χ0v) is 32.0. The van der Waals surface area contributed by atoms with Crippen LogP contribution in [0, 0.1) is 0 Å². The smallest absolute Gasteiger partial charge is 0.144 e. The molecule has 0 saturated carbocycles. The van der Waals surface area contributed by atoms with Crippen LogP contribution < -0.4 is 0 Å². The van der Waals surface area contributed by atoms with Crippen molar-refractivity contribution in [2.75, 3.05) is 0 Å². The van der Waals surface area contributed by atoms with Gasteiger partial charge in [-0.15, -0.1) is 11.3 Å². The Morgan fingerprint density at radius 1 is 0.362 bits per heavy atom. The van der Waals surface area contributed by atoms with Gasteiger partial charge >= 0.3 is 0 Å². The molecule has 0 saturated heterocycles. The number of nitrogens with zero attached hydrogens (tertiary/aromatic N) is 2. The molecular weight excluding hydrogens is 725 g/mol. The minimum absolute atomic E-state index is 0.916. The highest BCUT2D eigenvalue weighted by atomic mass is 32.1. The van der Waals surface area contributed by atoms with Crippen molar-refractivity contribution in [2.45, 2.75) is 0 Å². The first kappa shape index (κ1) is 31.8. The zero-order chi connectivity index (χ0) is 37.9. The van der Waals surface area contributed by atoms with Gasteiger partial charge in [0.2, 0.25) is 0 Å². The molecule has 4 heteroatoms. The lowest BCUT2D eigenvalue weighted by molar-refractivity contribution is 0.673. The molecule has 0 aliphatic carbocycles. The van der Waals surface area contributed by atoms with E-state index in [0.717, 1.165) is 27.6 Å². The van der Waals surface area contributed by atoms with Gasteiger partial charge in [-0.3, -0.25) is 0 Å². The monoisotopic (exact) mass is 756 g/mol. The van der Waals surface area contributed by atoms with E-state index >= 15 is 0 Å². The van der Waals surface area contributed by atoms with Crippen LogP contribution in [0.5, 0.6) is 0 Å². The summed E-state index contributed by atoms with van der Waals surface area (Å²) in [6.07, 6.45) is 0. The lowest BCUT2D eigenvalue weighted by Gasteiger charge is -2.11. The highest BCUT2D eigenvalue weighted by Crippen LogP contribution is 2.47. The quantitative estimate of drug-likeness (QED) is 0.175. The van der Waals surface area contributed by atoms with Crippen LogP contribution in [-0.4, -0.2) is 9.13 Å². The Balaban J connectivity index is 1.02. The van der Waals surface area contributed by atoms with Crippen molar-refractivity contribution in [1.82, 2.24) is 9.13 Å². The van der Waals surface area contributed by atoms with E-state index in [9.17, 15) is 0 Å². The summed E-state index contributed by atoms with van der Waals surface area (Å²) in [5, 5.41) is 9.66. The second kappa shape index (κ2) is 12.1. The average molecular weight is 757 g/mol. The fourth-order valence-corrected chi connectivity index (χ4v) is 10.7. The maximum absolute atomic E-state index is 6.65. The van der Waals surface area contributed by atoms with Gasteiger partial charge < -0.3 is 13.6 Å². The Hall–Kier alpha value is -7.40. The fourth-order valence-electron chi connectivity index (χ4n) is 9.51. The van der Waals surface area contributed by atoms with Crippen molar-refractivity contribution in [1.29, 1.82) is 0 Å². The van der Waals surface area contributed by atoms with E-state index in [1.165, 1.54) is 91.7 Å². The van der Waals surface area contributed by atoms with Crippen molar-refractivity contribution in [3.63, 3.8) is 0 Å². The first-order valence-corrected chi connectivity index (χ1v) is 20.6. The van der Waals surface area contributed by atoms with E-state index in [0.29, 0.717) is 0 Å². The number of fused-ring (bicyclic) bond motifs is 13. The van der Waals surface area contributed by atoms with Gasteiger partial charge in [0.25, 0.3) is 0 Å². The lowest BCUT2D eigenvalue weighted by atomic mass is 10.0. The molecule has 0 aliphatic rings. The molecule has 0 radical (unpaired) electrons. The Kier molecular flexibility index (Phi) is 6.60. The maximum atomic E-state index is 6.65. The molecule has 0 unspecified atom stereocenters. The van der Waals surface area contributed by atoms with Gasteiger partial charge in [0, 0.05) is 53.5 Å². The molecule has 0 aliphatic heterocycles. The van der Waals surface area contributed by atoms with Gasteiger partial charge in [0.1, 0.15) is 11.2 Å². The molecule has 4 aromatic heterocycles. The van der Waals surface area contributed by atoms with Gasteiger partial charge in [-0.2, -0.15) is 0 Å². The SMILES string of the molecule is c1ccc(-c2cccc(-n3c4ccccc4c4cc(-c5ccc6c(c5)c5ccccc5n6-c5cc6c7ccccc7oc6c6c5sc5ccccc56)ccc43)c2)cc1. The molecule has 0 fully saturated rings. The third-order valence-electron chi connectivity index (χ3n) is 12.1. The van der Waals surface area contributed by atoms with Crippen molar-refractivity contribution in [3.05, 3.63) is 194 Å². The normalized spacial score (nSPS) is 12.1. The molecule has 13 aromatic rings. The molecule has 13 rings (SSSR count). The van der Waals surface area contributed by atoms with E-state index in [4.69, 9.17) is 4.42 Å². The van der Waals surface area contributed by atoms with E-state index in [2.05, 4.69) is 203 Å². The summed E-state index contributed by atoms with van der Waals surface area (Å²) >= 11 is 1.85. The maximum Gasteiger partial charge on any atom is 0.144 e. The predicted molar refractivity (Wildman–Crippen MR) is 246 cm³/mol. The Morgan fingerprint density at radius 2 is 0.931 bits per heavy atom. The third kappa shape index (κ3) is 4.49. The molecule has 270 valence electrons. The van der Waals surface area contributed by atoms with Gasteiger partial charge in [-0.25, -0.2) is 0 Å². The number of para-hydroxylation sites is 3. The van der Waals surface area contributed by atoms with Crippen molar-refractivity contribution in [3.8, 4) is 33.6 Å². The van der Waals surface area contributed by atoms with Crippen LogP contribution in [0.1, 0.15) is 0 Å². The van der Waals surface area contributed by atoms with E-state index in [1.54, 1.807) is 0 Å². The molecule has 0 amide bonds. The lowest BCUT2D eigenvalue weighted by Crippen LogP contribution is -1.94. The fraction of sp³-hybridized carbons (Fsp3) is 0. The number of rotatable bonds is 4. The summed E-state index contributed by atoms with van der Waals surface area (Å²) in [5.74, 6) is 0. The number of aromatic nitrogens is 2. The Labute approximate surface area is 336 Å². The van der Waals surface area contributed by atoms with Crippen LogP contribution >= 0.6 is 11.3 Å². The topological polar surface area (TPSA) is 23.0 Å². The number of benzene rings is 9. The van der Waals surface area contributed by atoms with Crippen molar-refractivity contribution in [2.24, 2.45) is 0 Å². The summed E-state index contributed by atoms with van der Waals surface area (Å²) in [5.41, 5.74) is 13.8. The van der Waals surface area contributed by atoms with E-state index in [1.807, 2.05) is 11.3 Å². The van der Waals surface area contributed by atoms with Crippen molar-refractivity contribution < 1.29 is 4.42 Å². The second-order valence-corrected chi connectivity index (χ2v) is 16.3. The van der Waals surface area contributed by atoms with Crippen molar-refractivity contribution >= 4 is 97.1 Å². The summed E-state index contributed by atoms with van der Waals surface area (Å²) < 4.78 is 14.0. The Bertz CT molecular complexity index is 3800. The zero-order valence-electron chi connectivity index (χ0n) is 31.2. The third-order valence-corrected chi connectivity index (χ3v) is 13.3. The van der Waals surface area contributed by atoms with Crippen LogP contribution in [0.25, 0.3) is 119 Å². The van der Waals surface area contributed by atoms with Gasteiger partial charge in [-0.05, 0) is 89.0 Å². The standard InChI is InChI=1S/C54H32N2OS/c1-2-13-33(14-3-1)34-15-12-16-37(29-34)55-45-21-8-4-17-38(45)42-30-35(25-27-47(42)55)36-26-28-48-43(31-36)39-18-5-9-22-46(39)56(48)49-32-44-40-19-6-10-23-50(40)57-53(44)52-41-20-7-11-24-51(41)58-54(49)52/h1-32H. The van der Waals surface area contributed by atoms with Crippen LogP contribution in [-0.2, 0) is 0 Å². The molecule has 3 nitrogen and oxygen atoms in total. The van der Waals surface area contributed by atoms with Crippen LogP contribution in [0.4, 0.5) is 0 Å². The molecule has 58 heavy (non-hydrogen) atoms. The van der Waals surface area contributed by atoms with Crippen LogP contribution in [0.3, 0.4) is 0 Å². The predicted octanol–water partition coefficient (Wildman–Crippen LogP) is 15.5. The summed E-state index contributed by atoms with van der Waals surface area (Å²) in [6.45, 7) is 0. The molecule has 0 spiro atoms. The molecule has 0 N–H and O–H groups in total. The largest absolute Gasteiger partial charge is 0.455 e. The number of furan rings is 1. The highest BCUT2D eigenvalue weighted by molar-refractivity contribution is 7.26. The van der Waals surface area contributed by atoms with E-state index < -0.39 is 0 Å². The highest BCUT2D eigenvalue weighted by Gasteiger charge is 2.22. The number of hydrogen-bond acceptors (Lipinski definition) is 2. The number of thiophene rings is 1. The molecular formula is C54H32N2OS. The number of hydrogen-bond donors (Lipinski definition) is 0. The van der Waals surface area contributed by atoms with Crippen LogP contribution in [0.15, 0.2) is 199 Å². The molecule has 4 heterocycles.